The van der Waals surface area contributed by atoms with Crippen molar-refractivity contribution in [3.63, 3.8) is 0 Å². The topological polar surface area (TPSA) is 54.9 Å². The van der Waals surface area contributed by atoms with Gasteiger partial charge in [-0.15, -0.1) is 0 Å². The number of hydrogen-bond donors (Lipinski definition) is 1. The number of halogens is 2. The first-order valence-electron chi connectivity index (χ1n) is 4.69. The van der Waals surface area contributed by atoms with Crippen molar-refractivity contribution in [2.75, 3.05) is 5.32 Å². The Labute approximate surface area is 111 Å². The summed E-state index contributed by atoms with van der Waals surface area (Å²) in [6, 6.07) is 6.64. The first kappa shape index (κ1) is 12.0. The predicted molar refractivity (Wildman–Crippen MR) is 69.1 cm³/mol. The zero-order chi connectivity index (χ0) is 12.3. The highest BCUT2D eigenvalue weighted by atomic mass is 79.9. The molecule has 0 atom stereocenters. The highest BCUT2D eigenvalue weighted by Crippen LogP contribution is 2.13. The SMILES string of the molecule is O=C(Nc1cc(Br)ccn1)c1ccc(Cl)cn1. The number of pyridine rings is 2. The number of rotatable bonds is 2. The van der Waals surface area contributed by atoms with Crippen LogP contribution in [0.2, 0.25) is 5.02 Å². The molecule has 0 aliphatic carbocycles. The monoisotopic (exact) mass is 311 g/mol. The van der Waals surface area contributed by atoms with E-state index < -0.39 is 0 Å². The number of nitrogens with one attached hydrogen (secondary N) is 1. The molecular formula is C11H7BrClN3O. The Kier molecular flexibility index (Phi) is 3.71. The molecule has 2 aromatic heterocycles. The summed E-state index contributed by atoms with van der Waals surface area (Å²) in [7, 11) is 0. The number of amides is 1. The Morgan fingerprint density at radius 3 is 2.76 bits per heavy atom. The van der Waals surface area contributed by atoms with Crippen molar-refractivity contribution in [1.29, 1.82) is 0 Å². The first-order chi connectivity index (χ1) is 8.15. The molecule has 0 unspecified atom stereocenters. The molecule has 4 nitrogen and oxygen atoms in total. The molecule has 0 aliphatic heterocycles. The molecule has 0 bridgehead atoms. The van der Waals surface area contributed by atoms with Gasteiger partial charge in [-0.3, -0.25) is 4.79 Å². The van der Waals surface area contributed by atoms with E-state index in [0.29, 0.717) is 10.8 Å². The van der Waals surface area contributed by atoms with E-state index in [4.69, 9.17) is 11.6 Å². The molecule has 0 saturated heterocycles. The third-order valence-electron chi connectivity index (χ3n) is 1.92. The van der Waals surface area contributed by atoms with Gasteiger partial charge in [-0.1, -0.05) is 27.5 Å². The fourth-order valence-corrected chi connectivity index (χ4v) is 1.61. The minimum atomic E-state index is -0.327. The van der Waals surface area contributed by atoms with E-state index in [2.05, 4.69) is 31.2 Å². The molecule has 0 fully saturated rings. The van der Waals surface area contributed by atoms with Crippen molar-refractivity contribution < 1.29 is 4.79 Å². The predicted octanol–water partition coefficient (Wildman–Crippen LogP) is 3.14. The van der Waals surface area contributed by atoms with Gasteiger partial charge in [-0.05, 0) is 24.3 Å². The quantitative estimate of drug-likeness (QED) is 0.927. The molecule has 0 saturated carbocycles. The average Bonchev–Trinajstić information content (AvgIpc) is 2.29. The second kappa shape index (κ2) is 5.25. The Morgan fingerprint density at radius 2 is 2.12 bits per heavy atom. The van der Waals surface area contributed by atoms with Gasteiger partial charge in [0.25, 0.3) is 5.91 Å². The zero-order valence-corrected chi connectivity index (χ0v) is 10.9. The van der Waals surface area contributed by atoms with E-state index in [1.165, 1.54) is 6.20 Å². The fraction of sp³-hybridized carbons (Fsp3) is 0. The summed E-state index contributed by atoms with van der Waals surface area (Å²) >= 11 is 8.98. The van der Waals surface area contributed by atoms with Crippen LogP contribution < -0.4 is 5.32 Å². The lowest BCUT2D eigenvalue weighted by molar-refractivity contribution is 0.102. The van der Waals surface area contributed by atoms with Gasteiger partial charge < -0.3 is 5.32 Å². The number of anilines is 1. The van der Waals surface area contributed by atoms with Gasteiger partial charge in [0, 0.05) is 16.9 Å². The van der Waals surface area contributed by atoms with Crippen LogP contribution in [0.4, 0.5) is 5.82 Å². The number of aromatic nitrogens is 2. The van der Waals surface area contributed by atoms with Gasteiger partial charge in [0.2, 0.25) is 0 Å². The molecule has 17 heavy (non-hydrogen) atoms. The summed E-state index contributed by atoms with van der Waals surface area (Å²) in [6.45, 7) is 0. The van der Waals surface area contributed by atoms with Gasteiger partial charge >= 0.3 is 0 Å². The largest absolute Gasteiger partial charge is 0.305 e. The molecule has 0 spiro atoms. The van der Waals surface area contributed by atoms with E-state index >= 15 is 0 Å². The summed E-state index contributed by atoms with van der Waals surface area (Å²) in [5.74, 6) is 0.133. The highest BCUT2D eigenvalue weighted by molar-refractivity contribution is 9.10. The van der Waals surface area contributed by atoms with E-state index in [1.807, 2.05) is 0 Å². The van der Waals surface area contributed by atoms with Crippen molar-refractivity contribution in [2.24, 2.45) is 0 Å². The minimum Gasteiger partial charge on any atom is -0.305 e. The molecule has 6 heteroatoms. The van der Waals surface area contributed by atoms with E-state index in [-0.39, 0.29) is 11.6 Å². The number of carbonyl (C=O) groups is 1. The summed E-state index contributed by atoms with van der Waals surface area (Å²) in [6.07, 6.45) is 3.01. The molecule has 86 valence electrons. The lowest BCUT2D eigenvalue weighted by atomic mass is 10.3. The molecule has 2 heterocycles. The molecule has 0 aliphatic rings. The van der Waals surface area contributed by atoms with Crippen LogP contribution >= 0.6 is 27.5 Å². The lowest BCUT2D eigenvalue weighted by Crippen LogP contribution is -2.14. The third-order valence-corrected chi connectivity index (χ3v) is 2.64. The summed E-state index contributed by atoms with van der Waals surface area (Å²) in [4.78, 5) is 19.7. The molecular weight excluding hydrogens is 305 g/mol. The molecule has 1 amide bonds. The highest BCUT2D eigenvalue weighted by Gasteiger charge is 2.08. The number of nitrogens with zero attached hydrogens (tertiary/aromatic N) is 2. The Bertz CT molecular complexity index is 545. The lowest BCUT2D eigenvalue weighted by Gasteiger charge is -2.03. The van der Waals surface area contributed by atoms with Crippen molar-refractivity contribution in [2.45, 2.75) is 0 Å². The van der Waals surface area contributed by atoms with Crippen molar-refractivity contribution >= 4 is 39.3 Å². The Balaban J connectivity index is 2.14. The summed E-state index contributed by atoms with van der Waals surface area (Å²) < 4.78 is 0.840. The first-order valence-corrected chi connectivity index (χ1v) is 5.87. The van der Waals surface area contributed by atoms with E-state index in [1.54, 1.807) is 30.5 Å². The maximum Gasteiger partial charge on any atom is 0.275 e. The third kappa shape index (κ3) is 3.25. The summed E-state index contributed by atoms with van der Waals surface area (Å²) in [5.41, 5.74) is 0.288. The second-order valence-electron chi connectivity index (χ2n) is 3.18. The van der Waals surface area contributed by atoms with Gasteiger partial charge in [0.1, 0.15) is 11.5 Å². The van der Waals surface area contributed by atoms with Crippen LogP contribution in [0.5, 0.6) is 0 Å². The van der Waals surface area contributed by atoms with Gasteiger partial charge in [-0.2, -0.15) is 0 Å². The number of hydrogen-bond acceptors (Lipinski definition) is 3. The second-order valence-corrected chi connectivity index (χ2v) is 4.53. The van der Waals surface area contributed by atoms with Crippen LogP contribution in [-0.2, 0) is 0 Å². The zero-order valence-electron chi connectivity index (χ0n) is 8.52. The number of carbonyl (C=O) groups excluding carboxylic acids is 1. The van der Waals surface area contributed by atoms with Crippen LogP contribution in [0.25, 0.3) is 0 Å². The van der Waals surface area contributed by atoms with Crippen molar-refractivity contribution in [3.05, 3.63) is 51.8 Å². The minimum absolute atomic E-state index is 0.288. The van der Waals surface area contributed by atoms with Crippen LogP contribution in [0.3, 0.4) is 0 Å². The van der Waals surface area contributed by atoms with Gasteiger partial charge in [0.15, 0.2) is 0 Å². The molecule has 2 rings (SSSR count). The Hall–Kier alpha value is -1.46. The Morgan fingerprint density at radius 1 is 1.29 bits per heavy atom. The van der Waals surface area contributed by atoms with Crippen LogP contribution in [0.1, 0.15) is 10.5 Å². The molecule has 1 N–H and O–H groups in total. The van der Waals surface area contributed by atoms with Crippen molar-refractivity contribution in [1.82, 2.24) is 9.97 Å². The molecule has 0 radical (unpaired) electrons. The standard InChI is InChI=1S/C11H7BrClN3O/c12-7-3-4-14-10(5-7)16-11(17)9-2-1-8(13)6-15-9/h1-6H,(H,14,16,17). The van der Waals surface area contributed by atoms with Crippen LogP contribution in [-0.4, -0.2) is 15.9 Å². The molecule has 2 aromatic rings. The van der Waals surface area contributed by atoms with Gasteiger partial charge in [-0.25, -0.2) is 9.97 Å². The normalized spacial score (nSPS) is 10.0. The van der Waals surface area contributed by atoms with E-state index in [9.17, 15) is 4.79 Å². The fourth-order valence-electron chi connectivity index (χ4n) is 1.16. The van der Waals surface area contributed by atoms with Crippen molar-refractivity contribution in [3.8, 4) is 0 Å². The maximum atomic E-state index is 11.8. The van der Waals surface area contributed by atoms with Crippen LogP contribution in [0, 0.1) is 0 Å². The maximum absolute atomic E-state index is 11.8. The van der Waals surface area contributed by atoms with Crippen LogP contribution in [0.15, 0.2) is 41.1 Å². The smallest absolute Gasteiger partial charge is 0.275 e. The van der Waals surface area contributed by atoms with E-state index in [0.717, 1.165) is 4.47 Å². The van der Waals surface area contributed by atoms with Gasteiger partial charge in [0.05, 0.1) is 5.02 Å². The molecule has 0 aromatic carbocycles. The summed E-state index contributed by atoms with van der Waals surface area (Å²) in [5, 5.41) is 3.12. The average molecular weight is 313 g/mol.